The Balaban J connectivity index is 1.80. The minimum absolute atomic E-state index is 0.204. The molecule has 1 heterocycles. The summed E-state index contributed by atoms with van der Waals surface area (Å²) in [5.41, 5.74) is 3.98. The van der Waals surface area contributed by atoms with Crippen molar-refractivity contribution in [2.45, 2.75) is 44.8 Å². The lowest BCUT2D eigenvalue weighted by atomic mass is 9.95. The normalized spacial score (nSPS) is 14.3. The molecule has 0 saturated heterocycles. The van der Waals surface area contributed by atoms with Gasteiger partial charge < -0.3 is 30.2 Å². The number of ether oxygens (including phenoxy) is 3. The van der Waals surface area contributed by atoms with Crippen LogP contribution in [0.1, 0.15) is 42.5 Å². The molecule has 2 amide bonds. The third-order valence-corrected chi connectivity index (χ3v) is 8.03. The van der Waals surface area contributed by atoms with Crippen molar-refractivity contribution in [3.63, 3.8) is 0 Å². The highest BCUT2D eigenvalue weighted by Crippen LogP contribution is 2.50. The fraction of sp³-hybridized carbons (Fsp3) is 0.375. The van der Waals surface area contributed by atoms with Gasteiger partial charge >= 0.3 is 0 Å². The van der Waals surface area contributed by atoms with Gasteiger partial charge in [-0.2, -0.15) is 11.8 Å². The second kappa shape index (κ2) is 14.8. The average Bonchev–Trinajstić information content (AvgIpc) is 3.25. The topological polar surface area (TPSA) is 128 Å². The number of aromatic nitrogens is 1. The first-order valence-corrected chi connectivity index (χ1v) is 15.4. The van der Waals surface area contributed by atoms with Gasteiger partial charge in [-0.15, -0.1) is 0 Å². The van der Waals surface area contributed by atoms with E-state index in [2.05, 4.69) is 20.9 Å². The molecule has 1 aromatic heterocycles. The van der Waals surface area contributed by atoms with Crippen molar-refractivity contribution in [3.8, 4) is 28.4 Å². The maximum atomic E-state index is 13.7. The van der Waals surface area contributed by atoms with Gasteiger partial charge in [0.15, 0.2) is 11.5 Å². The van der Waals surface area contributed by atoms with Crippen molar-refractivity contribution in [1.82, 2.24) is 15.6 Å². The van der Waals surface area contributed by atoms with Crippen LogP contribution in [0, 0.1) is 0 Å². The molecule has 3 N–H and O–H groups in total. The van der Waals surface area contributed by atoms with E-state index in [4.69, 9.17) is 14.2 Å². The van der Waals surface area contributed by atoms with E-state index in [1.807, 2.05) is 30.5 Å². The predicted molar refractivity (Wildman–Crippen MR) is 169 cm³/mol. The van der Waals surface area contributed by atoms with Crippen LogP contribution in [0.4, 0.5) is 5.69 Å². The molecule has 228 valence electrons. The molecule has 0 saturated carbocycles. The highest BCUT2D eigenvalue weighted by atomic mass is 32.2. The van der Waals surface area contributed by atoms with Gasteiger partial charge in [0.05, 0.1) is 33.1 Å². The van der Waals surface area contributed by atoms with E-state index in [0.29, 0.717) is 48.6 Å². The summed E-state index contributed by atoms with van der Waals surface area (Å²) in [6, 6.07) is 9.61. The summed E-state index contributed by atoms with van der Waals surface area (Å²) in [6.45, 7) is 1.81. The number of hydrogen-bond donors (Lipinski definition) is 3. The number of anilines is 1. The molecular weight excluding hydrogens is 568 g/mol. The molecule has 43 heavy (non-hydrogen) atoms. The molecule has 2 aromatic carbocycles. The number of nitrogens with one attached hydrogen (secondary N) is 3. The largest absolute Gasteiger partial charge is 0.493 e. The number of nitrogens with zero attached hydrogens (tertiary/aromatic N) is 1. The average molecular weight is 607 g/mol. The maximum absolute atomic E-state index is 13.7. The van der Waals surface area contributed by atoms with Crippen molar-refractivity contribution in [2.75, 3.05) is 38.7 Å². The number of amides is 2. The van der Waals surface area contributed by atoms with Crippen LogP contribution in [0.15, 0.2) is 53.6 Å². The van der Waals surface area contributed by atoms with Crippen LogP contribution in [-0.4, -0.2) is 56.2 Å². The van der Waals surface area contributed by atoms with Crippen molar-refractivity contribution < 1.29 is 23.8 Å². The quantitative estimate of drug-likeness (QED) is 0.279. The lowest BCUT2D eigenvalue weighted by molar-refractivity contribution is -0.122. The molecule has 10 nitrogen and oxygen atoms in total. The van der Waals surface area contributed by atoms with Crippen LogP contribution in [0.2, 0.25) is 0 Å². The smallest absolute Gasteiger partial charge is 0.242 e. The molecule has 2 atom stereocenters. The zero-order valence-corrected chi connectivity index (χ0v) is 25.9. The highest BCUT2D eigenvalue weighted by molar-refractivity contribution is 7.98. The van der Waals surface area contributed by atoms with Gasteiger partial charge in [-0.1, -0.05) is 6.07 Å². The molecule has 4 rings (SSSR count). The first-order valence-electron chi connectivity index (χ1n) is 14.0. The Morgan fingerprint density at radius 2 is 1.79 bits per heavy atom. The van der Waals surface area contributed by atoms with E-state index >= 15 is 0 Å². The summed E-state index contributed by atoms with van der Waals surface area (Å²) in [5, 5.41) is 9.20. The van der Waals surface area contributed by atoms with Gasteiger partial charge in [0.25, 0.3) is 0 Å². The number of carbonyl (C=O) groups excluding carboxylic acids is 2. The first-order chi connectivity index (χ1) is 20.8. The lowest BCUT2D eigenvalue weighted by Gasteiger charge is -2.19. The number of thioether (sulfide) groups is 1. The Kier molecular flexibility index (Phi) is 10.9. The molecule has 11 heteroatoms. The van der Waals surface area contributed by atoms with Crippen LogP contribution >= 0.6 is 11.8 Å². The van der Waals surface area contributed by atoms with E-state index in [1.165, 1.54) is 6.92 Å². The molecule has 1 aliphatic rings. The number of aryl methyl sites for hydroxylation is 1. The molecule has 0 spiro atoms. The first kappa shape index (κ1) is 31.7. The molecule has 0 aliphatic heterocycles. The summed E-state index contributed by atoms with van der Waals surface area (Å²) >= 11 is 1.62. The lowest BCUT2D eigenvalue weighted by Crippen LogP contribution is -2.40. The number of hydrogen-bond acceptors (Lipinski definition) is 9. The Bertz CT molecular complexity index is 1520. The Labute approximate surface area is 255 Å². The van der Waals surface area contributed by atoms with E-state index in [-0.39, 0.29) is 22.9 Å². The molecule has 0 radical (unpaired) electrons. The van der Waals surface area contributed by atoms with Crippen LogP contribution in [-0.2, 0) is 22.6 Å². The second-order valence-electron chi connectivity index (χ2n) is 10.1. The predicted octanol–water partition coefficient (Wildman–Crippen LogP) is 4.11. The SMILES string of the molecule is COc1cc2c(c(OC)c1OC)-c1ccc(N[C@H](CCSC)C(=O)NCc3ccncc3)c(=O)cc1[C@H](NC(C)=O)CC2. The number of methoxy groups -OCH3 is 3. The van der Waals surface area contributed by atoms with Crippen molar-refractivity contribution >= 4 is 29.3 Å². The summed E-state index contributed by atoms with van der Waals surface area (Å²) in [4.78, 5) is 43.3. The monoisotopic (exact) mass is 606 g/mol. The Morgan fingerprint density at radius 1 is 1.05 bits per heavy atom. The zero-order valence-electron chi connectivity index (χ0n) is 25.1. The Morgan fingerprint density at radius 3 is 2.44 bits per heavy atom. The third kappa shape index (κ3) is 7.40. The van der Waals surface area contributed by atoms with Gasteiger partial charge in [-0.3, -0.25) is 19.4 Å². The number of carbonyl (C=O) groups is 2. The fourth-order valence-electron chi connectivity index (χ4n) is 5.33. The molecule has 0 fully saturated rings. The van der Waals surface area contributed by atoms with Gasteiger partial charge in [0.1, 0.15) is 6.04 Å². The third-order valence-electron chi connectivity index (χ3n) is 7.39. The molecular formula is C32H38N4O6S. The van der Waals surface area contributed by atoms with Crippen molar-refractivity contribution in [3.05, 3.63) is 75.7 Å². The van der Waals surface area contributed by atoms with Crippen molar-refractivity contribution in [2.24, 2.45) is 0 Å². The summed E-state index contributed by atoms with van der Waals surface area (Å²) in [6.07, 6.45) is 7.00. The minimum Gasteiger partial charge on any atom is -0.493 e. The van der Waals surface area contributed by atoms with Gasteiger partial charge in [0.2, 0.25) is 23.0 Å². The Hall–Kier alpha value is -4.25. The van der Waals surface area contributed by atoms with E-state index in [1.54, 1.807) is 57.6 Å². The van der Waals surface area contributed by atoms with Crippen LogP contribution in [0.5, 0.6) is 17.2 Å². The van der Waals surface area contributed by atoms with E-state index < -0.39 is 12.1 Å². The van der Waals surface area contributed by atoms with Gasteiger partial charge in [-0.05, 0) is 83.9 Å². The van der Waals surface area contributed by atoms with Gasteiger partial charge in [-0.25, -0.2) is 0 Å². The van der Waals surface area contributed by atoms with Gasteiger partial charge in [0, 0.05) is 31.4 Å². The summed E-state index contributed by atoms with van der Waals surface area (Å²) < 4.78 is 17.1. The van der Waals surface area contributed by atoms with E-state index in [0.717, 1.165) is 28.0 Å². The molecule has 0 unspecified atom stereocenters. The van der Waals surface area contributed by atoms with E-state index in [9.17, 15) is 14.4 Å². The summed E-state index contributed by atoms with van der Waals surface area (Å²) in [7, 11) is 4.67. The van der Waals surface area contributed by atoms with Crippen molar-refractivity contribution in [1.29, 1.82) is 0 Å². The number of benzene rings is 1. The number of fused-ring (bicyclic) bond motifs is 3. The van der Waals surface area contributed by atoms with Crippen LogP contribution in [0.25, 0.3) is 11.1 Å². The standard InChI is InChI=1S/C32H38N4O6S/c1-19(37)35-24-8-6-21-16-28(40-2)30(41-3)31(42-4)29(21)22-7-9-25(27(38)17-23(22)24)36-26(12-15-43-5)32(39)34-18-20-10-13-33-14-11-20/h7,9-11,13-14,16-17,24,26H,6,8,12,15,18H2,1-5H3,(H,34,39)(H,35,37)(H,36,38)/t24-,26-/m1/s1. The molecule has 0 bridgehead atoms. The maximum Gasteiger partial charge on any atom is 0.242 e. The second-order valence-corrected chi connectivity index (χ2v) is 11.1. The number of rotatable bonds is 12. The molecule has 1 aliphatic carbocycles. The fourth-order valence-corrected chi connectivity index (χ4v) is 5.80. The molecule has 3 aromatic rings. The van der Waals surface area contributed by atoms with Crippen LogP contribution < -0.4 is 35.6 Å². The number of pyridine rings is 1. The highest BCUT2D eigenvalue weighted by Gasteiger charge is 2.30. The van der Waals surface area contributed by atoms with Crippen LogP contribution in [0.3, 0.4) is 0 Å². The zero-order chi connectivity index (χ0) is 30.9. The minimum atomic E-state index is -0.637. The summed E-state index contributed by atoms with van der Waals surface area (Å²) in [5.74, 6) is 1.74.